The molecule has 2 unspecified atom stereocenters. The number of carbonyl (C=O) groups excluding carboxylic acids is 1. The van der Waals surface area contributed by atoms with Gasteiger partial charge in [0.15, 0.2) is 0 Å². The molecule has 1 saturated heterocycles. The maximum absolute atomic E-state index is 12.1. The highest BCUT2D eigenvalue weighted by Gasteiger charge is 2.26. The van der Waals surface area contributed by atoms with Crippen molar-refractivity contribution in [1.29, 1.82) is 0 Å². The molecule has 0 spiro atoms. The van der Waals surface area contributed by atoms with Crippen molar-refractivity contribution in [2.24, 2.45) is 11.1 Å². The normalized spacial score (nSPS) is 23.7. The summed E-state index contributed by atoms with van der Waals surface area (Å²) in [5.74, 6) is 0.625. The molecule has 0 aliphatic carbocycles. The molecule has 0 N–H and O–H groups in total. The van der Waals surface area contributed by atoms with Gasteiger partial charge in [0.2, 0.25) is 0 Å². The lowest BCUT2D eigenvalue weighted by Crippen LogP contribution is -2.43. The van der Waals surface area contributed by atoms with Crippen molar-refractivity contribution in [2.45, 2.75) is 39.7 Å². The van der Waals surface area contributed by atoms with Crippen LogP contribution in [0.15, 0.2) is 29.4 Å². The molecule has 2 rings (SSSR count). The number of nitrogens with zero attached hydrogens (tertiary/aromatic N) is 2. The highest BCUT2D eigenvalue weighted by molar-refractivity contribution is 5.92. The molecule has 5 nitrogen and oxygen atoms in total. The van der Waals surface area contributed by atoms with Gasteiger partial charge in [-0.25, -0.2) is 4.79 Å². The van der Waals surface area contributed by atoms with E-state index in [1.54, 1.807) is 24.3 Å². The first-order valence-electron chi connectivity index (χ1n) is 8.22. The average Bonchev–Trinajstić information content (AvgIpc) is 2.55. The van der Waals surface area contributed by atoms with E-state index in [-0.39, 0.29) is 0 Å². The molecule has 0 saturated carbocycles. The zero-order chi connectivity index (χ0) is 16.8. The van der Waals surface area contributed by atoms with E-state index in [0.717, 1.165) is 30.8 Å². The van der Waals surface area contributed by atoms with Crippen LogP contribution in [0.25, 0.3) is 0 Å². The maximum atomic E-state index is 12.1. The van der Waals surface area contributed by atoms with Crippen molar-refractivity contribution in [3.8, 4) is 5.75 Å². The molecule has 5 heteroatoms. The Bertz CT molecular complexity index is 554. The first-order chi connectivity index (χ1) is 11.0. The molecule has 23 heavy (non-hydrogen) atoms. The Balaban J connectivity index is 1.95. The second kappa shape index (κ2) is 8.11. The summed E-state index contributed by atoms with van der Waals surface area (Å²) in [6, 6.07) is 7.38. The van der Waals surface area contributed by atoms with Crippen molar-refractivity contribution in [3.05, 3.63) is 29.8 Å². The summed E-state index contributed by atoms with van der Waals surface area (Å²) in [6.45, 7) is 7.91. The first-order valence-corrected chi connectivity index (χ1v) is 8.22. The fourth-order valence-corrected chi connectivity index (χ4v) is 2.56. The summed E-state index contributed by atoms with van der Waals surface area (Å²) in [5, 5.41) is 4.11. The molecule has 126 valence electrons. The zero-order valence-electron chi connectivity index (χ0n) is 14.4. The van der Waals surface area contributed by atoms with Crippen LogP contribution in [0, 0.1) is 5.92 Å². The SMILES string of the molecule is CCCOc1ccc(C(=O)ON=C2CC(C)N(C)CC2C)cc1. The molecule has 0 amide bonds. The van der Waals surface area contributed by atoms with Crippen molar-refractivity contribution in [1.82, 2.24) is 4.90 Å². The Morgan fingerprint density at radius 3 is 2.65 bits per heavy atom. The first kappa shape index (κ1) is 17.5. The van der Waals surface area contributed by atoms with Gasteiger partial charge in [-0.05, 0) is 44.7 Å². The van der Waals surface area contributed by atoms with Gasteiger partial charge in [-0.3, -0.25) is 0 Å². The predicted octanol–water partition coefficient (Wildman–Crippen LogP) is 3.35. The fourth-order valence-electron chi connectivity index (χ4n) is 2.56. The number of likely N-dealkylation sites (tertiary alicyclic amines) is 1. The molecular weight excluding hydrogens is 292 g/mol. The summed E-state index contributed by atoms with van der Waals surface area (Å²) < 4.78 is 5.50. The predicted molar refractivity (Wildman–Crippen MR) is 91.0 cm³/mol. The van der Waals surface area contributed by atoms with Crippen molar-refractivity contribution in [3.63, 3.8) is 0 Å². The van der Waals surface area contributed by atoms with Crippen LogP contribution in [-0.2, 0) is 4.84 Å². The van der Waals surface area contributed by atoms with Gasteiger partial charge in [0.1, 0.15) is 5.75 Å². The largest absolute Gasteiger partial charge is 0.494 e. The Morgan fingerprint density at radius 2 is 2.00 bits per heavy atom. The number of ether oxygens (including phenoxy) is 1. The molecule has 2 atom stereocenters. The van der Waals surface area contributed by atoms with Crippen LogP contribution in [0.5, 0.6) is 5.75 Å². The van der Waals surface area contributed by atoms with E-state index in [2.05, 4.69) is 37.9 Å². The van der Waals surface area contributed by atoms with E-state index in [9.17, 15) is 4.79 Å². The van der Waals surface area contributed by atoms with Gasteiger partial charge in [-0.2, -0.15) is 0 Å². The molecule has 1 heterocycles. The minimum Gasteiger partial charge on any atom is -0.494 e. The van der Waals surface area contributed by atoms with Gasteiger partial charge in [0, 0.05) is 24.9 Å². The van der Waals surface area contributed by atoms with Crippen molar-refractivity contribution >= 4 is 11.7 Å². The van der Waals surface area contributed by atoms with E-state index in [4.69, 9.17) is 9.57 Å². The zero-order valence-corrected chi connectivity index (χ0v) is 14.4. The maximum Gasteiger partial charge on any atom is 0.365 e. The average molecular weight is 318 g/mol. The smallest absolute Gasteiger partial charge is 0.365 e. The monoisotopic (exact) mass is 318 g/mol. The van der Waals surface area contributed by atoms with Gasteiger partial charge in [-0.1, -0.05) is 19.0 Å². The molecule has 1 aliphatic rings. The van der Waals surface area contributed by atoms with E-state index in [1.807, 2.05) is 0 Å². The molecule has 1 aromatic rings. The second-order valence-corrected chi connectivity index (χ2v) is 6.23. The van der Waals surface area contributed by atoms with Crippen LogP contribution < -0.4 is 4.74 Å². The Hall–Kier alpha value is -1.88. The topological polar surface area (TPSA) is 51.1 Å². The molecule has 0 bridgehead atoms. The molecule has 0 radical (unpaired) electrons. The van der Waals surface area contributed by atoms with Gasteiger partial charge in [0.05, 0.1) is 17.9 Å². The summed E-state index contributed by atoms with van der Waals surface area (Å²) in [5.41, 5.74) is 1.43. The molecule has 0 aromatic heterocycles. The minimum absolute atomic E-state index is 0.300. The molecule has 1 fully saturated rings. The lowest BCUT2D eigenvalue weighted by molar-refractivity contribution is 0.0508. The van der Waals surface area contributed by atoms with Crippen LogP contribution in [0.4, 0.5) is 0 Å². The highest BCUT2D eigenvalue weighted by Crippen LogP contribution is 2.19. The third-order valence-corrected chi connectivity index (χ3v) is 4.20. The highest BCUT2D eigenvalue weighted by atomic mass is 16.7. The Morgan fingerprint density at radius 1 is 1.30 bits per heavy atom. The summed E-state index contributed by atoms with van der Waals surface area (Å²) in [7, 11) is 2.10. The van der Waals surface area contributed by atoms with Gasteiger partial charge in [0.25, 0.3) is 0 Å². The number of rotatable bonds is 5. The van der Waals surface area contributed by atoms with Gasteiger partial charge in [-0.15, -0.1) is 0 Å². The van der Waals surface area contributed by atoms with Crippen LogP contribution in [0.2, 0.25) is 0 Å². The minimum atomic E-state index is -0.432. The summed E-state index contributed by atoms with van der Waals surface area (Å²) >= 11 is 0. The van der Waals surface area contributed by atoms with Crippen LogP contribution in [0.1, 0.15) is 44.0 Å². The standard InChI is InChI=1S/C18H26N2O3/c1-5-10-22-16-8-6-15(7-9-16)18(21)23-19-17-11-14(3)20(4)12-13(17)2/h6-9,13-14H,5,10-12H2,1-4H3. The Labute approximate surface area is 138 Å². The third-order valence-electron chi connectivity index (χ3n) is 4.20. The number of benzene rings is 1. The van der Waals surface area contributed by atoms with E-state index in [1.165, 1.54) is 0 Å². The number of oxime groups is 1. The fraction of sp³-hybridized carbons (Fsp3) is 0.556. The number of hydrogen-bond acceptors (Lipinski definition) is 5. The van der Waals surface area contributed by atoms with E-state index < -0.39 is 5.97 Å². The molecule has 1 aliphatic heterocycles. The number of hydrogen-bond donors (Lipinski definition) is 0. The van der Waals surface area contributed by atoms with Gasteiger partial charge >= 0.3 is 5.97 Å². The quantitative estimate of drug-likeness (QED) is 0.617. The van der Waals surface area contributed by atoms with E-state index in [0.29, 0.717) is 24.1 Å². The van der Waals surface area contributed by atoms with Gasteiger partial charge < -0.3 is 14.5 Å². The van der Waals surface area contributed by atoms with Crippen LogP contribution in [-0.4, -0.2) is 42.8 Å². The van der Waals surface area contributed by atoms with Crippen molar-refractivity contribution in [2.75, 3.05) is 20.2 Å². The second-order valence-electron chi connectivity index (χ2n) is 6.23. The summed E-state index contributed by atoms with van der Waals surface area (Å²) in [4.78, 5) is 19.5. The van der Waals surface area contributed by atoms with Crippen molar-refractivity contribution < 1.29 is 14.4 Å². The number of piperidine rings is 1. The number of carbonyl (C=O) groups is 1. The van der Waals surface area contributed by atoms with E-state index >= 15 is 0 Å². The van der Waals surface area contributed by atoms with Crippen LogP contribution >= 0.6 is 0 Å². The lowest BCUT2D eigenvalue weighted by Gasteiger charge is -2.34. The Kier molecular flexibility index (Phi) is 6.16. The van der Waals surface area contributed by atoms with Crippen LogP contribution in [0.3, 0.4) is 0 Å². The molecular formula is C18H26N2O3. The third kappa shape index (κ3) is 4.79. The molecule has 1 aromatic carbocycles. The lowest BCUT2D eigenvalue weighted by atomic mass is 9.93. The summed E-state index contributed by atoms with van der Waals surface area (Å²) in [6.07, 6.45) is 1.78.